The van der Waals surface area contributed by atoms with E-state index in [1.807, 2.05) is 0 Å². The molecule has 3 rings (SSSR count). The van der Waals surface area contributed by atoms with Crippen LogP contribution in [0.5, 0.6) is 0 Å². The lowest BCUT2D eigenvalue weighted by molar-refractivity contribution is 0.0239. The molecule has 0 aromatic carbocycles. The number of nitrogens with zero attached hydrogens (tertiary/aromatic N) is 3. The van der Waals surface area contributed by atoms with E-state index in [4.69, 9.17) is 9.47 Å². The largest absolute Gasteiger partial charge is 0.444 e. The second kappa shape index (κ2) is 4.95. The van der Waals surface area contributed by atoms with Crippen molar-refractivity contribution < 1.29 is 22.7 Å². The van der Waals surface area contributed by atoms with E-state index in [2.05, 4.69) is 5.10 Å². The minimum atomic E-state index is -3.50. The molecule has 0 N–H and O–H groups in total. The molecule has 1 aromatic heterocycles. The minimum absolute atomic E-state index is 0.205. The van der Waals surface area contributed by atoms with Crippen molar-refractivity contribution in [3.8, 4) is 0 Å². The van der Waals surface area contributed by atoms with Crippen LogP contribution >= 0.6 is 0 Å². The number of aromatic nitrogens is 2. The van der Waals surface area contributed by atoms with Crippen LogP contribution in [0.25, 0.3) is 0 Å². The summed E-state index contributed by atoms with van der Waals surface area (Å²) in [6.45, 7) is 6.37. The quantitative estimate of drug-likeness (QED) is 0.794. The summed E-state index contributed by atoms with van der Waals surface area (Å²) in [6.07, 6.45) is 1.06. The van der Waals surface area contributed by atoms with Crippen molar-refractivity contribution >= 4 is 16.1 Å². The summed E-state index contributed by atoms with van der Waals surface area (Å²) in [5.74, 6) is 0. The van der Waals surface area contributed by atoms with Crippen molar-refractivity contribution in [2.24, 2.45) is 0 Å². The van der Waals surface area contributed by atoms with Gasteiger partial charge >= 0.3 is 6.09 Å². The number of fused-ring (bicyclic) bond motifs is 1. The molecule has 0 radical (unpaired) electrons. The van der Waals surface area contributed by atoms with E-state index < -0.39 is 27.0 Å². The average molecular weight is 329 g/mol. The summed E-state index contributed by atoms with van der Waals surface area (Å²) in [6, 6.07) is 0. The van der Waals surface area contributed by atoms with Gasteiger partial charge in [0.1, 0.15) is 10.9 Å². The van der Waals surface area contributed by atoms with Crippen LogP contribution in [0.1, 0.15) is 32.0 Å². The molecule has 0 bridgehead atoms. The maximum absolute atomic E-state index is 12.2. The Kier molecular flexibility index (Phi) is 3.44. The molecule has 1 amide bonds. The molecule has 0 unspecified atom stereocenters. The fourth-order valence-electron chi connectivity index (χ4n) is 2.25. The number of carbonyl (C=O) groups is 1. The second-order valence-corrected chi connectivity index (χ2v) is 8.59. The first-order chi connectivity index (χ1) is 10.2. The normalized spacial score (nSPS) is 19.0. The van der Waals surface area contributed by atoms with Gasteiger partial charge in [-0.15, -0.1) is 0 Å². The molecule has 0 aliphatic carbocycles. The Balaban J connectivity index is 1.72. The smallest absolute Gasteiger partial charge is 0.410 e. The molecule has 3 heterocycles. The van der Waals surface area contributed by atoms with E-state index >= 15 is 0 Å². The van der Waals surface area contributed by atoms with Crippen molar-refractivity contribution in [2.45, 2.75) is 44.7 Å². The van der Waals surface area contributed by atoms with Gasteiger partial charge in [-0.05, 0) is 20.8 Å². The SMILES string of the molecule is CC(C)(C)OC(=O)N1Cc2cn(S(=O)(=O)C3COC3)nc2C1. The molecule has 0 spiro atoms. The Hall–Kier alpha value is -1.61. The highest BCUT2D eigenvalue weighted by atomic mass is 32.2. The summed E-state index contributed by atoms with van der Waals surface area (Å²) < 4.78 is 35.7. The fourth-order valence-corrected chi connectivity index (χ4v) is 3.58. The van der Waals surface area contributed by atoms with E-state index in [-0.39, 0.29) is 19.8 Å². The molecule has 1 fully saturated rings. The fraction of sp³-hybridized carbons (Fsp3) is 0.692. The van der Waals surface area contributed by atoms with Crippen LogP contribution in [0.4, 0.5) is 4.79 Å². The standard InChI is InChI=1S/C13H19N3O5S/c1-13(2,3)21-12(17)15-4-9-5-16(14-11(9)6-15)22(18,19)10-7-20-8-10/h5,10H,4,6-8H2,1-3H3. The molecule has 0 saturated carbocycles. The van der Waals surface area contributed by atoms with Crippen LogP contribution < -0.4 is 0 Å². The zero-order valence-electron chi connectivity index (χ0n) is 12.8. The molecular formula is C13H19N3O5S. The summed E-state index contributed by atoms with van der Waals surface area (Å²) in [5.41, 5.74) is 0.759. The maximum Gasteiger partial charge on any atom is 0.410 e. The number of hydrogen-bond donors (Lipinski definition) is 0. The van der Waals surface area contributed by atoms with Gasteiger partial charge in [0.15, 0.2) is 0 Å². The van der Waals surface area contributed by atoms with Gasteiger partial charge in [0.05, 0.1) is 32.0 Å². The molecule has 9 heteroatoms. The van der Waals surface area contributed by atoms with Crippen molar-refractivity contribution in [3.63, 3.8) is 0 Å². The zero-order chi connectivity index (χ0) is 16.1. The monoisotopic (exact) mass is 329 g/mol. The van der Waals surface area contributed by atoms with Crippen LogP contribution in [0.3, 0.4) is 0 Å². The van der Waals surface area contributed by atoms with Gasteiger partial charge in [0.2, 0.25) is 0 Å². The van der Waals surface area contributed by atoms with Crippen molar-refractivity contribution in [3.05, 3.63) is 17.5 Å². The minimum Gasteiger partial charge on any atom is -0.444 e. The Bertz CT molecular complexity index is 676. The third-order valence-corrected chi connectivity index (χ3v) is 5.32. The highest BCUT2D eigenvalue weighted by molar-refractivity contribution is 7.90. The van der Waals surface area contributed by atoms with E-state index in [1.165, 1.54) is 11.1 Å². The number of carbonyl (C=O) groups excluding carboxylic acids is 1. The Morgan fingerprint density at radius 1 is 1.36 bits per heavy atom. The van der Waals surface area contributed by atoms with E-state index in [9.17, 15) is 13.2 Å². The Labute approximate surface area is 129 Å². The van der Waals surface area contributed by atoms with Crippen LogP contribution in [0, 0.1) is 0 Å². The molecule has 2 aliphatic rings. The van der Waals surface area contributed by atoms with Crippen LogP contribution in [0.15, 0.2) is 6.20 Å². The third-order valence-electron chi connectivity index (χ3n) is 3.50. The lowest BCUT2D eigenvalue weighted by Gasteiger charge is -2.25. The molecule has 8 nitrogen and oxygen atoms in total. The number of amides is 1. The molecule has 2 aliphatic heterocycles. The van der Waals surface area contributed by atoms with Gasteiger partial charge in [-0.25, -0.2) is 13.2 Å². The molecule has 1 aromatic rings. The maximum atomic E-state index is 12.2. The summed E-state index contributed by atoms with van der Waals surface area (Å²) in [7, 11) is -3.50. The van der Waals surface area contributed by atoms with Gasteiger partial charge in [0.25, 0.3) is 10.0 Å². The first kappa shape index (κ1) is 15.3. The van der Waals surface area contributed by atoms with Crippen LogP contribution in [0.2, 0.25) is 0 Å². The summed E-state index contributed by atoms with van der Waals surface area (Å²) in [5, 5.41) is 3.59. The van der Waals surface area contributed by atoms with E-state index in [0.29, 0.717) is 12.2 Å². The lowest BCUT2D eigenvalue weighted by atomic mass is 10.2. The number of rotatable bonds is 2. The van der Waals surface area contributed by atoms with E-state index in [1.54, 1.807) is 20.8 Å². The third kappa shape index (κ3) is 2.70. The Morgan fingerprint density at radius 3 is 2.55 bits per heavy atom. The number of hydrogen-bond acceptors (Lipinski definition) is 6. The first-order valence-electron chi connectivity index (χ1n) is 7.04. The average Bonchev–Trinajstić information content (AvgIpc) is 2.79. The van der Waals surface area contributed by atoms with Gasteiger partial charge in [-0.3, -0.25) is 4.90 Å². The molecular weight excluding hydrogens is 310 g/mol. The predicted molar refractivity (Wildman–Crippen MR) is 76.6 cm³/mol. The highest BCUT2D eigenvalue weighted by Gasteiger charge is 2.37. The Morgan fingerprint density at radius 2 is 2.05 bits per heavy atom. The van der Waals surface area contributed by atoms with Crippen molar-refractivity contribution in [1.82, 2.24) is 14.1 Å². The molecule has 122 valence electrons. The topological polar surface area (TPSA) is 90.7 Å². The van der Waals surface area contributed by atoms with Crippen molar-refractivity contribution in [1.29, 1.82) is 0 Å². The second-order valence-electron chi connectivity index (χ2n) is 6.51. The molecule has 22 heavy (non-hydrogen) atoms. The molecule has 1 saturated heterocycles. The first-order valence-corrected chi connectivity index (χ1v) is 8.54. The van der Waals surface area contributed by atoms with Crippen molar-refractivity contribution in [2.75, 3.05) is 13.2 Å². The van der Waals surface area contributed by atoms with Gasteiger partial charge in [0, 0.05) is 11.8 Å². The van der Waals surface area contributed by atoms with Crippen LogP contribution in [-0.4, -0.2) is 52.7 Å². The predicted octanol–water partition coefficient (Wildman–Crippen LogP) is 0.710. The van der Waals surface area contributed by atoms with Gasteiger partial charge in [-0.1, -0.05) is 0 Å². The van der Waals surface area contributed by atoms with Crippen LogP contribution in [-0.2, 0) is 32.6 Å². The van der Waals surface area contributed by atoms with Gasteiger partial charge < -0.3 is 9.47 Å². The highest BCUT2D eigenvalue weighted by Crippen LogP contribution is 2.25. The lowest BCUT2D eigenvalue weighted by Crippen LogP contribution is -2.43. The van der Waals surface area contributed by atoms with Gasteiger partial charge in [-0.2, -0.15) is 9.19 Å². The zero-order valence-corrected chi connectivity index (χ0v) is 13.6. The summed E-state index contributed by atoms with van der Waals surface area (Å²) >= 11 is 0. The summed E-state index contributed by atoms with van der Waals surface area (Å²) in [4.78, 5) is 13.5. The number of ether oxygens (including phenoxy) is 2. The molecule has 0 atom stereocenters. The van der Waals surface area contributed by atoms with E-state index in [0.717, 1.165) is 9.65 Å².